The topological polar surface area (TPSA) is 90.5 Å². The number of carbonyl (C=O) groups excluding carboxylic acids is 3. The SMILES string of the molecule is CN(C)CCCNC(=O)CC1NC(=O)c2ccccc2NC1=O. The lowest BCUT2D eigenvalue weighted by molar-refractivity contribution is -0.125. The van der Waals surface area contributed by atoms with E-state index < -0.39 is 6.04 Å². The number of anilines is 1. The number of nitrogens with one attached hydrogen (secondary N) is 3. The molecule has 0 radical (unpaired) electrons. The van der Waals surface area contributed by atoms with Crippen LogP contribution in [0.15, 0.2) is 24.3 Å². The number of hydrogen-bond donors (Lipinski definition) is 3. The van der Waals surface area contributed by atoms with Gasteiger partial charge < -0.3 is 20.9 Å². The van der Waals surface area contributed by atoms with Crippen molar-refractivity contribution < 1.29 is 14.4 Å². The van der Waals surface area contributed by atoms with E-state index in [-0.39, 0.29) is 24.1 Å². The molecule has 124 valence electrons. The van der Waals surface area contributed by atoms with Crippen LogP contribution in [-0.4, -0.2) is 55.8 Å². The number of amides is 3. The summed E-state index contributed by atoms with van der Waals surface area (Å²) in [7, 11) is 3.93. The first-order valence-electron chi connectivity index (χ1n) is 7.59. The van der Waals surface area contributed by atoms with E-state index in [1.165, 1.54) is 0 Å². The molecule has 1 atom stereocenters. The first-order valence-corrected chi connectivity index (χ1v) is 7.59. The molecule has 1 aromatic rings. The summed E-state index contributed by atoms with van der Waals surface area (Å²) in [5.74, 6) is -0.994. The summed E-state index contributed by atoms with van der Waals surface area (Å²) >= 11 is 0. The zero-order valence-corrected chi connectivity index (χ0v) is 13.4. The van der Waals surface area contributed by atoms with Gasteiger partial charge in [0.25, 0.3) is 5.91 Å². The molecule has 7 nitrogen and oxygen atoms in total. The molecule has 23 heavy (non-hydrogen) atoms. The van der Waals surface area contributed by atoms with Crippen molar-refractivity contribution in [3.05, 3.63) is 29.8 Å². The lowest BCUT2D eigenvalue weighted by Crippen LogP contribution is -2.44. The van der Waals surface area contributed by atoms with Gasteiger partial charge >= 0.3 is 0 Å². The largest absolute Gasteiger partial charge is 0.356 e. The molecular weight excluding hydrogens is 296 g/mol. The summed E-state index contributed by atoms with van der Waals surface area (Å²) < 4.78 is 0. The smallest absolute Gasteiger partial charge is 0.254 e. The van der Waals surface area contributed by atoms with Crippen molar-refractivity contribution in [1.82, 2.24) is 15.5 Å². The average molecular weight is 318 g/mol. The van der Waals surface area contributed by atoms with Crippen molar-refractivity contribution in [2.75, 3.05) is 32.5 Å². The predicted molar refractivity (Wildman–Crippen MR) is 87.1 cm³/mol. The van der Waals surface area contributed by atoms with Crippen LogP contribution in [0.4, 0.5) is 5.69 Å². The van der Waals surface area contributed by atoms with Crippen LogP contribution in [-0.2, 0) is 9.59 Å². The maximum atomic E-state index is 12.2. The molecule has 1 unspecified atom stereocenters. The van der Waals surface area contributed by atoms with E-state index in [1.807, 2.05) is 19.0 Å². The van der Waals surface area contributed by atoms with Gasteiger partial charge in [-0.2, -0.15) is 0 Å². The molecule has 3 amide bonds. The molecule has 0 spiro atoms. The van der Waals surface area contributed by atoms with Gasteiger partial charge in [0.15, 0.2) is 0 Å². The first-order chi connectivity index (χ1) is 11.0. The predicted octanol–water partition coefficient (Wildman–Crippen LogP) is 0.195. The van der Waals surface area contributed by atoms with Gasteiger partial charge in [0.1, 0.15) is 6.04 Å². The molecule has 1 aliphatic heterocycles. The molecule has 0 saturated carbocycles. The van der Waals surface area contributed by atoms with Gasteiger partial charge in [0, 0.05) is 6.54 Å². The van der Waals surface area contributed by atoms with Crippen molar-refractivity contribution in [2.45, 2.75) is 18.9 Å². The summed E-state index contributed by atoms with van der Waals surface area (Å²) in [4.78, 5) is 38.3. The second-order valence-corrected chi connectivity index (χ2v) is 5.77. The Morgan fingerprint density at radius 2 is 2.00 bits per heavy atom. The van der Waals surface area contributed by atoms with E-state index in [1.54, 1.807) is 24.3 Å². The average Bonchev–Trinajstić information content (AvgIpc) is 2.61. The quantitative estimate of drug-likeness (QED) is 0.653. The Labute approximate surface area is 135 Å². The number of carbonyl (C=O) groups is 3. The highest BCUT2D eigenvalue weighted by Gasteiger charge is 2.29. The number of hydrogen-bond acceptors (Lipinski definition) is 4. The fraction of sp³-hybridized carbons (Fsp3) is 0.438. The standard InChI is InChI=1S/C16H22N4O3/c1-20(2)9-5-8-17-14(21)10-13-16(23)18-12-7-4-3-6-11(12)15(22)19-13/h3-4,6-7,13H,5,8-10H2,1-2H3,(H,17,21)(H,18,23)(H,19,22). The maximum absolute atomic E-state index is 12.2. The summed E-state index contributed by atoms with van der Waals surface area (Å²) in [5, 5.41) is 8.05. The molecule has 1 aromatic carbocycles. The number of para-hydroxylation sites is 1. The molecule has 1 aliphatic rings. The number of fused-ring (bicyclic) bond motifs is 1. The summed E-state index contributed by atoms with van der Waals surface area (Å²) in [6.07, 6.45) is 0.751. The third-order valence-corrected chi connectivity index (χ3v) is 3.55. The molecule has 0 aliphatic carbocycles. The van der Waals surface area contributed by atoms with E-state index in [4.69, 9.17) is 0 Å². The third kappa shape index (κ3) is 4.79. The van der Waals surface area contributed by atoms with Crippen LogP contribution in [0.2, 0.25) is 0 Å². The van der Waals surface area contributed by atoms with Crippen LogP contribution in [0.5, 0.6) is 0 Å². The molecular formula is C16H22N4O3. The van der Waals surface area contributed by atoms with Crippen molar-refractivity contribution >= 4 is 23.4 Å². The highest BCUT2D eigenvalue weighted by atomic mass is 16.2. The van der Waals surface area contributed by atoms with E-state index in [0.717, 1.165) is 13.0 Å². The van der Waals surface area contributed by atoms with Gasteiger partial charge in [-0.25, -0.2) is 0 Å². The van der Waals surface area contributed by atoms with Crippen LogP contribution in [0.1, 0.15) is 23.2 Å². The Kier molecular flexibility index (Phi) is 5.70. The fourth-order valence-electron chi connectivity index (χ4n) is 2.34. The van der Waals surface area contributed by atoms with Gasteiger partial charge in [-0.1, -0.05) is 12.1 Å². The van der Waals surface area contributed by atoms with Crippen molar-refractivity contribution in [3.63, 3.8) is 0 Å². The summed E-state index contributed by atoms with van der Waals surface area (Å²) in [5.41, 5.74) is 0.860. The Hall–Kier alpha value is -2.41. The molecule has 0 fully saturated rings. The molecule has 2 rings (SSSR count). The molecule has 1 heterocycles. The van der Waals surface area contributed by atoms with E-state index in [2.05, 4.69) is 16.0 Å². The summed E-state index contributed by atoms with van der Waals surface area (Å²) in [6.45, 7) is 1.41. The molecule has 0 bridgehead atoms. The van der Waals surface area contributed by atoms with Gasteiger partial charge in [-0.05, 0) is 39.2 Å². The monoisotopic (exact) mass is 318 g/mol. The molecule has 7 heteroatoms. The highest BCUT2D eigenvalue weighted by molar-refractivity contribution is 6.10. The Bertz CT molecular complexity index is 601. The van der Waals surface area contributed by atoms with Crippen molar-refractivity contribution in [1.29, 1.82) is 0 Å². The minimum Gasteiger partial charge on any atom is -0.356 e. The van der Waals surface area contributed by atoms with E-state index >= 15 is 0 Å². The highest BCUT2D eigenvalue weighted by Crippen LogP contribution is 2.18. The molecule has 0 aromatic heterocycles. The second-order valence-electron chi connectivity index (χ2n) is 5.77. The van der Waals surface area contributed by atoms with Crippen LogP contribution < -0.4 is 16.0 Å². The normalized spacial score (nSPS) is 17.1. The lowest BCUT2D eigenvalue weighted by atomic mass is 10.1. The first kappa shape index (κ1) is 17.0. The fourth-order valence-corrected chi connectivity index (χ4v) is 2.34. The number of rotatable bonds is 6. The zero-order valence-electron chi connectivity index (χ0n) is 13.4. The van der Waals surface area contributed by atoms with Gasteiger partial charge in [-0.15, -0.1) is 0 Å². The minimum atomic E-state index is -0.872. The zero-order chi connectivity index (χ0) is 16.8. The van der Waals surface area contributed by atoms with Crippen LogP contribution in [0.25, 0.3) is 0 Å². The summed E-state index contributed by atoms with van der Waals surface area (Å²) in [6, 6.07) is 5.89. The van der Waals surface area contributed by atoms with Gasteiger partial charge in [0.2, 0.25) is 11.8 Å². The van der Waals surface area contributed by atoms with Crippen molar-refractivity contribution in [3.8, 4) is 0 Å². The lowest BCUT2D eigenvalue weighted by Gasteiger charge is -2.15. The van der Waals surface area contributed by atoms with Crippen molar-refractivity contribution in [2.24, 2.45) is 0 Å². The number of nitrogens with zero attached hydrogens (tertiary/aromatic N) is 1. The minimum absolute atomic E-state index is 0.0759. The van der Waals surface area contributed by atoms with Crippen LogP contribution in [0.3, 0.4) is 0 Å². The second kappa shape index (κ2) is 7.73. The van der Waals surface area contributed by atoms with Crippen LogP contribution in [0, 0.1) is 0 Å². The molecule has 3 N–H and O–H groups in total. The van der Waals surface area contributed by atoms with Gasteiger partial charge in [-0.3, -0.25) is 14.4 Å². The van der Waals surface area contributed by atoms with Gasteiger partial charge in [0.05, 0.1) is 17.7 Å². The van der Waals surface area contributed by atoms with E-state index in [0.29, 0.717) is 17.8 Å². The molecule has 0 saturated heterocycles. The maximum Gasteiger partial charge on any atom is 0.254 e. The Balaban J connectivity index is 1.90. The number of benzene rings is 1. The van der Waals surface area contributed by atoms with E-state index in [9.17, 15) is 14.4 Å². The Morgan fingerprint density at radius 1 is 1.26 bits per heavy atom. The Morgan fingerprint density at radius 3 is 2.74 bits per heavy atom. The third-order valence-electron chi connectivity index (χ3n) is 3.55. The van der Waals surface area contributed by atoms with Crippen LogP contribution >= 0.6 is 0 Å².